The second kappa shape index (κ2) is 10.5. The first-order valence-electron chi connectivity index (χ1n) is 11.0. The predicted molar refractivity (Wildman–Crippen MR) is 134 cm³/mol. The molecular formula is C27H33ClN2O2. The van der Waals surface area contributed by atoms with Crippen molar-refractivity contribution in [3.05, 3.63) is 82.4 Å². The lowest BCUT2D eigenvalue weighted by Gasteiger charge is -2.32. The zero-order valence-corrected chi connectivity index (χ0v) is 20.3. The Kier molecular flexibility index (Phi) is 7.94. The van der Waals surface area contributed by atoms with Gasteiger partial charge in [0.1, 0.15) is 5.75 Å². The van der Waals surface area contributed by atoms with Crippen molar-refractivity contribution >= 4 is 23.5 Å². The molecule has 0 aromatic heterocycles. The molecule has 1 fully saturated rings. The van der Waals surface area contributed by atoms with Crippen molar-refractivity contribution in [3.63, 3.8) is 0 Å². The van der Waals surface area contributed by atoms with Gasteiger partial charge in [0.2, 0.25) is 0 Å². The van der Waals surface area contributed by atoms with Crippen LogP contribution in [-0.2, 0) is 12.0 Å². The van der Waals surface area contributed by atoms with E-state index in [9.17, 15) is 4.79 Å². The number of halogens is 1. The van der Waals surface area contributed by atoms with E-state index in [1.165, 1.54) is 0 Å². The third kappa shape index (κ3) is 5.69. The van der Waals surface area contributed by atoms with Crippen molar-refractivity contribution in [2.45, 2.75) is 25.8 Å². The first-order chi connectivity index (χ1) is 15.2. The topological polar surface area (TPSA) is 32.8 Å². The molecule has 1 heterocycles. The van der Waals surface area contributed by atoms with Gasteiger partial charge in [-0.2, -0.15) is 0 Å². The minimum absolute atomic E-state index is 0.0174. The number of carbonyl (C=O) groups excluding carboxylic acids is 1. The van der Waals surface area contributed by atoms with E-state index in [1.54, 1.807) is 19.3 Å². The standard InChI is InChI=1S/C27H33ClN2O2/c1-6-27(2,3)23-17-20(26(32-5)18-24(23)28)11-12-25(31)22-10-8-7-9-21(22)19-30-15-13-29(4)14-16-30/h6-12,17-18H,1,13-16,19H2,2-5H3. The number of rotatable bonds is 8. The van der Waals surface area contributed by atoms with Gasteiger partial charge in [0, 0.05) is 54.3 Å². The quantitative estimate of drug-likeness (QED) is 0.302. The van der Waals surface area contributed by atoms with Gasteiger partial charge >= 0.3 is 0 Å². The second-order valence-electron chi connectivity index (χ2n) is 8.93. The maximum Gasteiger partial charge on any atom is 0.186 e. The van der Waals surface area contributed by atoms with Crippen LogP contribution in [0.2, 0.25) is 5.02 Å². The molecule has 0 unspecified atom stereocenters. The van der Waals surface area contributed by atoms with E-state index in [0.717, 1.165) is 55.0 Å². The molecule has 1 aliphatic heterocycles. The third-order valence-electron chi connectivity index (χ3n) is 6.21. The number of hydrogen-bond acceptors (Lipinski definition) is 4. The van der Waals surface area contributed by atoms with Gasteiger partial charge in [0.05, 0.1) is 7.11 Å². The Bertz CT molecular complexity index is 1000. The van der Waals surface area contributed by atoms with Crippen LogP contribution in [0.25, 0.3) is 6.08 Å². The highest BCUT2D eigenvalue weighted by atomic mass is 35.5. The van der Waals surface area contributed by atoms with Gasteiger partial charge in [-0.25, -0.2) is 0 Å². The van der Waals surface area contributed by atoms with Crippen LogP contribution in [0.15, 0.2) is 55.1 Å². The number of allylic oxidation sites excluding steroid dienone is 2. The number of methoxy groups -OCH3 is 1. The number of benzene rings is 2. The van der Waals surface area contributed by atoms with E-state index in [-0.39, 0.29) is 11.2 Å². The molecule has 0 aliphatic carbocycles. The van der Waals surface area contributed by atoms with Gasteiger partial charge < -0.3 is 9.64 Å². The number of ketones is 1. The van der Waals surface area contributed by atoms with E-state index in [0.29, 0.717) is 10.8 Å². The summed E-state index contributed by atoms with van der Waals surface area (Å²) in [6, 6.07) is 11.6. The number of carbonyl (C=O) groups is 1. The van der Waals surface area contributed by atoms with Gasteiger partial charge in [0.25, 0.3) is 0 Å². The van der Waals surface area contributed by atoms with E-state index in [4.69, 9.17) is 16.3 Å². The van der Waals surface area contributed by atoms with Crippen LogP contribution in [0.3, 0.4) is 0 Å². The molecule has 0 saturated carbocycles. The molecule has 0 radical (unpaired) electrons. The molecule has 0 spiro atoms. The molecule has 32 heavy (non-hydrogen) atoms. The molecule has 4 nitrogen and oxygen atoms in total. The third-order valence-corrected chi connectivity index (χ3v) is 6.52. The van der Waals surface area contributed by atoms with Gasteiger partial charge in [0.15, 0.2) is 5.78 Å². The van der Waals surface area contributed by atoms with Crippen molar-refractivity contribution in [2.75, 3.05) is 40.3 Å². The van der Waals surface area contributed by atoms with Crippen LogP contribution in [0, 0.1) is 0 Å². The van der Waals surface area contributed by atoms with E-state index in [1.807, 2.05) is 42.5 Å². The SMILES string of the molecule is C=CC(C)(C)c1cc(C=CC(=O)c2ccccc2CN2CCN(C)CC2)c(OC)cc1Cl. The van der Waals surface area contributed by atoms with Gasteiger partial charge in [-0.1, -0.05) is 55.8 Å². The highest BCUT2D eigenvalue weighted by molar-refractivity contribution is 6.31. The molecule has 0 atom stereocenters. The summed E-state index contributed by atoms with van der Waals surface area (Å²) >= 11 is 6.50. The van der Waals surface area contributed by atoms with Crippen molar-refractivity contribution in [1.82, 2.24) is 9.80 Å². The summed E-state index contributed by atoms with van der Waals surface area (Å²) in [5.41, 5.74) is 3.25. The summed E-state index contributed by atoms with van der Waals surface area (Å²) in [6.07, 6.45) is 5.31. The molecule has 1 aliphatic rings. The van der Waals surface area contributed by atoms with E-state index < -0.39 is 0 Å². The minimum atomic E-state index is -0.301. The Morgan fingerprint density at radius 1 is 1.19 bits per heavy atom. The summed E-state index contributed by atoms with van der Waals surface area (Å²) in [5, 5.41) is 0.618. The molecule has 3 rings (SSSR count). The average molecular weight is 453 g/mol. The maximum atomic E-state index is 13.1. The van der Waals surface area contributed by atoms with E-state index >= 15 is 0 Å². The summed E-state index contributed by atoms with van der Waals surface area (Å²) in [6.45, 7) is 13.0. The zero-order valence-electron chi connectivity index (χ0n) is 19.5. The minimum Gasteiger partial charge on any atom is -0.496 e. The Morgan fingerprint density at radius 2 is 1.88 bits per heavy atom. The van der Waals surface area contributed by atoms with Crippen LogP contribution < -0.4 is 4.74 Å². The summed E-state index contributed by atoms with van der Waals surface area (Å²) in [5.74, 6) is 0.615. The van der Waals surface area contributed by atoms with Gasteiger partial charge in [-0.15, -0.1) is 6.58 Å². The normalized spacial score (nSPS) is 15.8. The van der Waals surface area contributed by atoms with Gasteiger partial charge in [-0.3, -0.25) is 9.69 Å². The highest BCUT2D eigenvalue weighted by Crippen LogP contribution is 2.36. The number of likely N-dealkylation sites (N-methyl/N-ethyl adjacent to an activating group) is 1. The predicted octanol–water partition coefficient (Wildman–Crippen LogP) is 5.46. The number of piperazine rings is 1. The molecule has 0 bridgehead atoms. The summed E-state index contributed by atoms with van der Waals surface area (Å²) < 4.78 is 5.51. The fourth-order valence-corrected chi connectivity index (χ4v) is 4.28. The van der Waals surface area contributed by atoms with Crippen molar-refractivity contribution < 1.29 is 9.53 Å². The van der Waals surface area contributed by atoms with Crippen molar-refractivity contribution in [2.24, 2.45) is 0 Å². The largest absolute Gasteiger partial charge is 0.496 e. The molecule has 5 heteroatoms. The molecular weight excluding hydrogens is 420 g/mol. The lowest BCUT2D eigenvalue weighted by Crippen LogP contribution is -2.44. The second-order valence-corrected chi connectivity index (χ2v) is 9.34. The average Bonchev–Trinajstić information content (AvgIpc) is 2.79. The molecule has 0 N–H and O–H groups in total. The Hall–Kier alpha value is -2.40. The maximum absolute atomic E-state index is 13.1. The highest BCUT2D eigenvalue weighted by Gasteiger charge is 2.22. The lowest BCUT2D eigenvalue weighted by atomic mass is 9.84. The summed E-state index contributed by atoms with van der Waals surface area (Å²) in [4.78, 5) is 17.9. The number of ether oxygens (including phenoxy) is 1. The first kappa shape index (κ1) is 24.2. The van der Waals surface area contributed by atoms with Crippen LogP contribution in [0.5, 0.6) is 5.75 Å². The Morgan fingerprint density at radius 3 is 2.53 bits per heavy atom. The van der Waals surface area contributed by atoms with E-state index in [2.05, 4.69) is 37.3 Å². The number of hydrogen-bond donors (Lipinski definition) is 0. The smallest absolute Gasteiger partial charge is 0.186 e. The Labute approximate surface area is 197 Å². The first-order valence-corrected chi connectivity index (χ1v) is 11.4. The molecule has 2 aromatic rings. The van der Waals surface area contributed by atoms with Crippen LogP contribution >= 0.6 is 11.6 Å². The molecule has 2 aromatic carbocycles. The van der Waals surface area contributed by atoms with Crippen molar-refractivity contribution in [1.29, 1.82) is 0 Å². The summed E-state index contributed by atoms with van der Waals surface area (Å²) in [7, 11) is 3.75. The van der Waals surface area contributed by atoms with Crippen LogP contribution in [0.1, 0.15) is 40.9 Å². The fraction of sp³-hybridized carbons (Fsp3) is 0.370. The van der Waals surface area contributed by atoms with Crippen LogP contribution in [0.4, 0.5) is 0 Å². The van der Waals surface area contributed by atoms with Gasteiger partial charge in [-0.05, 0) is 42.5 Å². The zero-order chi connectivity index (χ0) is 23.3. The lowest BCUT2D eigenvalue weighted by molar-refractivity contribution is 0.104. The molecule has 170 valence electrons. The Balaban J connectivity index is 1.85. The van der Waals surface area contributed by atoms with Crippen molar-refractivity contribution in [3.8, 4) is 5.75 Å². The molecule has 0 amide bonds. The molecule has 1 saturated heterocycles. The monoisotopic (exact) mass is 452 g/mol. The van der Waals surface area contributed by atoms with Crippen LogP contribution in [-0.4, -0.2) is 55.9 Å². The number of nitrogens with zero attached hydrogens (tertiary/aromatic N) is 2. The fourth-order valence-electron chi connectivity index (χ4n) is 3.88.